The standard InChI is InChI=1S/C21H21N5O3/c1-14-17(5-2-8-22-14)29-20-19(23-9-10-24-20)16-4-3-11-26(13-16)21(28)15-6-7-18(27)25-12-15/h2,5-10,12,16H,3-4,11,13H2,1H3,(H,25,27)/t16-/m0/s1. The largest absolute Gasteiger partial charge is 0.435 e. The zero-order valence-electron chi connectivity index (χ0n) is 16.0. The molecule has 0 unspecified atom stereocenters. The number of nitrogens with zero attached hydrogens (tertiary/aromatic N) is 4. The Morgan fingerprint density at radius 2 is 2.03 bits per heavy atom. The molecule has 0 aromatic carbocycles. The number of hydrogen-bond donors (Lipinski definition) is 1. The fourth-order valence-corrected chi connectivity index (χ4v) is 3.49. The third-order valence-electron chi connectivity index (χ3n) is 4.98. The monoisotopic (exact) mass is 391 g/mol. The molecule has 1 atom stereocenters. The highest BCUT2D eigenvalue weighted by molar-refractivity contribution is 5.94. The minimum Gasteiger partial charge on any atom is -0.435 e. The molecule has 0 radical (unpaired) electrons. The zero-order valence-corrected chi connectivity index (χ0v) is 16.0. The van der Waals surface area contributed by atoms with Crippen molar-refractivity contribution in [2.24, 2.45) is 0 Å². The van der Waals surface area contributed by atoms with Gasteiger partial charge in [-0.25, -0.2) is 4.98 Å². The van der Waals surface area contributed by atoms with E-state index < -0.39 is 0 Å². The maximum absolute atomic E-state index is 12.8. The Kier molecular flexibility index (Phi) is 5.33. The van der Waals surface area contributed by atoms with Crippen molar-refractivity contribution in [1.29, 1.82) is 0 Å². The van der Waals surface area contributed by atoms with E-state index in [0.717, 1.165) is 24.2 Å². The normalized spacial score (nSPS) is 16.4. The van der Waals surface area contributed by atoms with Gasteiger partial charge in [0, 0.05) is 49.9 Å². The van der Waals surface area contributed by atoms with Crippen LogP contribution in [0.4, 0.5) is 0 Å². The summed E-state index contributed by atoms with van der Waals surface area (Å²) in [5.41, 5.74) is 1.73. The first-order chi connectivity index (χ1) is 14.1. The van der Waals surface area contributed by atoms with Crippen molar-refractivity contribution in [3.05, 3.63) is 76.4 Å². The van der Waals surface area contributed by atoms with Gasteiger partial charge < -0.3 is 14.6 Å². The first-order valence-electron chi connectivity index (χ1n) is 9.50. The van der Waals surface area contributed by atoms with Crippen molar-refractivity contribution in [2.75, 3.05) is 13.1 Å². The summed E-state index contributed by atoms with van der Waals surface area (Å²) in [4.78, 5) is 41.6. The fraction of sp³-hybridized carbons (Fsp3) is 0.286. The van der Waals surface area contributed by atoms with Gasteiger partial charge in [-0.3, -0.25) is 19.6 Å². The number of carbonyl (C=O) groups is 1. The summed E-state index contributed by atoms with van der Waals surface area (Å²) in [6, 6.07) is 6.56. The molecule has 1 N–H and O–H groups in total. The van der Waals surface area contributed by atoms with E-state index in [1.165, 1.54) is 12.3 Å². The predicted octanol–water partition coefficient (Wildman–Crippen LogP) is 2.68. The van der Waals surface area contributed by atoms with E-state index in [1.807, 2.05) is 19.1 Å². The van der Waals surface area contributed by atoms with Gasteiger partial charge in [-0.05, 0) is 38.0 Å². The lowest BCUT2D eigenvalue weighted by Gasteiger charge is -2.32. The van der Waals surface area contributed by atoms with Crippen molar-refractivity contribution < 1.29 is 9.53 Å². The number of pyridine rings is 2. The average Bonchev–Trinajstić information content (AvgIpc) is 2.76. The number of amides is 1. The molecule has 0 saturated carbocycles. The number of carbonyl (C=O) groups excluding carboxylic acids is 1. The second kappa shape index (κ2) is 8.22. The Bertz CT molecular complexity index is 1060. The number of hydrogen-bond acceptors (Lipinski definition) is 6. The second-order valence-corrected chi connectivity index (χ2v) is 6.97. The van der Waals surface area contributed by atoms with Gasteiger partial charge >= 0.3 is 0 Å². The van der Waals surface area contributed by atoms with Crippen LogP contribution >= 0.6 is 0 Å². The first kappa shape index (κ1) is 18.8. The molecule has 3 aromatic rings. The Balaban J connectivity index is 1.56. The fourth-order valence-electron chi connectivity index (χ4n) is 3.49. The number of aryl methyl sites for hydroxylation is 1. The van der Waals surface area contributed by atoms with Crippen molar-refractivity contribution in [3.63, 3.8) is 0 Å². The summed E-state index contributed by atoms with van der Waals surface area (Å²) in [5.74, 6) is 0.967. The van der Waals surface area contributed by atoms with Crippen LogP contribution in [-0.2, 0) is 0 Å². The molecule has 1 fully saturated rings. The molecular weight excluding hydrogens is 370 g/mol. The number of aromatic nitrogens is 4. The van der Waals surface area contributed by atoms with Crippen LogP contribution in [0.2, 0.25) is 0 Å². The number of nitrogens with one attached hydrogen (secondary N) is 1. The molecule has 0 spiro atoms. The molecule has 1 amide bonds. The van der Waals surface area contributed by atoms with E-state index in [-0.39, 0.29) is 17.4 Å². The van der Waals surface area contributed by atoms with E-state index in [0.29, 0.717) is 30.3 Å². The van der Waals surface area contributed by atoms with Gasteiger partial charge in [0.1, 0.15) is 5.69 Å². The van der Waals surface area contributed by atoms with Gasteiger partial charge in [-0.15, -0.1) is 0 Å². The SMILES string of the molecule is Cc1ncccc1Oc1nccnc1[C@H]1CCCN(C(=O)c2ccc(=O)[nH]c2)C1. The molecule has 4 rings (SSSR count). The van der Waals surface area contributed by atoms with Gasteiger partial charge in [0.15, 0.2) is 5.75 Å². The molecule has 3 aromatic heterocycles. The maximum Gasteiger partial charge on any atom is 0.255 e. The Morgan fingerprint density at radius 3 is 2.83 bits per heavy atom. The third-order valence-corrected chi connectivity index (χ3v) is 4.98. The van der Waals surface area contributed by atoms with E-state index >= 15 is 0 Å². The lowest BCUT2D eigenvalue weighted by atomic mass is 9.94. The molecule has 0 aliphatic carbocycles. The van der Waals surface area contributed by atoms with Crippen LogP contribution in [0.15, 0.2) is 53.8 Å². The zero-order chi connectivity index (χ0) is 20.2. The Hall–Kier alpha value is -3.55. The van der Waals surface area contributed by atoms with Gasteiger partial charge in [-0.2, -0.15) is 0 Å². The predicted molar refractivity (Wildman–Crippen MR) is 106 cm³/mol. The average molecular weight is 391 g/mol. The molecular formula is C21H21N5O3. The second-order valence-electron chi connectivity index (χ2n) is 6.97. The number of H-pyrrole nitrogens is 1. The molecule has 1 aliphatic heterocycles. The van der Waals surface area contributed by atoms with Crippen molar-refractivity contribution in [3.8, 4) is 11.6 Å². The maximum atomic E-state index is 12.8. The molecule has 0 bridgehead atoms. The summed E-state index contributed by atoms with van der Waals surface area (Å²) in [6.07, 6.45) is 8.13. The van der Waals surface area contributed by atoms with E-state index in [2.05, 4.69) is 19.9 Å². The van der Waals surface area contributed by atoms with E-state index in [4.69, 9.17) is 4.74 Å². The van der Waals surface area contributed by atoms with E-state index in [9.17, 15) is 9.59 Å². The van der Waals surface area contributed by atoms with Crippen molar-refractivity contribution in [1.82, 2.24) is 24.8 Å². The lowest BCUT2D eigenvalue weighted by molar-refractivity contribution is 0.0704. The smallest absolute Gasteiger partial charge is 0.255 e. The lowest BCUT2D eigenvalue weighted by Crippen LogP contribution is -2.39. The summed E-state index contributed by atoms with van der Waals surface area (Å²) in [5, 5.41) is 0. The summed E-state index contributed by atoms with van der Waals surface area (Å²) in [7, 11) is 0. The van der Waals surface area contributed by atoms with Crippen LogP contribution < -0.4 is 10.3 Å². The third kappa shape index (κ3) is 4.16. The molecule has 8 heteroatoms. The van der Waals surface area contributed by atoms with Crippen LogP contribution in [0.1, 0.15) is 40.5 Å². The van der Waals surface area contributed by atoms with Gasteiger partial charge in [0.25, 0.3) is 5.91 Å². The number of aromatic amines is 1. The summed E-state index contributed by atoms with van der Waals surface area (Å²) in [6.45, 7) is 3.04. The number of ether oxygens (including phenoxy) is 1. The van der Waals surface area contributed by atoms with Crippen LogP contribution in [0.3, 0.4) is 0 Å². The Labute approximate surface area is 167 Å². The minimum atomic E-state index is -0.231. The number of rotatable bonds is 4. The summed E-state index contributed by atoms with van der Waals surface area (Å²) < 4.78 is 6.01. The van der Waals surface area contributed by atoms with Crippen LogP contribution in [0, 0.1) is 6.92 Å². The molecule has 8 nitrogen and oxygen atoms in total. The highest BCUT2D eigenvalue weighted by atomic mass is 16.5. The van der Waals surface area contributed by atoms with Gasteiger partial charge in [-0.1, -0.05) is 0 Å². The van der Waals surface area contributed by atoms with Gasteiger partial charge in [0.2, 0.25) is 11.4 Å². The van der Waals surface area contributed by atoms with Crippen LogP contribution in [0.25, 0.3) is 0 Å². The summed E-state index contributed by atoms with van der Waals surface area (Å²) >= 11 is 0. The molecule has 29 heavy (non-hydrogen) atoms. The van der Waals surface area contributed by atoms with Crippen LogP contribution in [-0.4, -0.2) is 43.8 Å². The number of likely N-dealkylation sites (tertiary alicyclic amines) is 1. The first-order valence-corrected chi connectivity index (χ1v) is 9.50. The number of piperidine rings is 1. The van der Waals surface area contributed by atoms with Crippen molar-refractivity contribution in [2.45, 2.75) is 25.7 Å². The highest BCUT2D eigenvalue weighted by Gasteiger charge is 2.29. The minimum absolute atomic E-state index is 0.0103. The van der Waals surface area contributed by atoms with Gasteiger partial charge in [0.05, 0.1) is 11.3 Å². The molecule has 1 saturated heterocycles. The molecule has 1 aliphatic rings. The van der Waals surface area contributed by atoms with Crippen LogP contribution in [0.5, 0.6) is 11.6 Å². The highest BCUT2D eigenvalue weighted by Crippen LogP contribution is 2.33. The van der Waals surface area contributed by atoms with E-state index in [1.54, 1.807) is 29.6 Å². The molecule has 4 heterocycles. The Morgan fingerprint density at radius 1 is 1.17 bits per heavy atom. The molecule has 148 valence electrons. The van der Waals surface area contributed by atoms with Crippen molar-refractivity contribution >= 4 is 5.91 Å². The quantitative estimate of drug-likeness (QED) is 0.734. The topological polar surface area (TPSA) is 101 Å².